The molecule has 4 N–H and O–H groups in total. The zero-order valence-electron chi connectivity index (χ0n) is 20.0. The average Bonchev–Trinajstić information content (AvgIpc) is 2.85. The molecule has 0 saturated heterocycles. The van der Waals surface area contributed by atoms with Crippen molar-refractivity contribution in [3.05, 3.63) is 48.3 Å². The molecule has 2 aromatic carbocycles. The summed E-state index contributed by atoms with van der Waals surface area (Å²) in [5.74, 6) is 0.885. The molecule has 9 nitrogen and oxygen atoms in total. The molecular formula is C25H33N5O4. The van der Waals surface area contributed by atoms with E-state index in [1.807, 2.05) is 36.4 Å². The maximum atomic E-state index is 11.0. The summed E-state index contributed by atoms with van der Waals surface area (Å²) in [5, 5.41) is 13.1. The lowest BCUT2D eigenvalue weighted by Gasteiger charge is -2.18. The maximum absolute atomic E-state index is 11.0. The van der Waals surface area contributed by atoms with Gasteiger partial charge in [0.2, 0.25) is 0 Å². The first-order chi connectivity index (χ1) is 16.4. The van der Waals surface area contributed by atoms with Crippen molar-refractivity contribution < 1.29 is 19.4 Å². The highest BCUT2D eigenvalue weighted by Gasteiger charge is 2.14. The lowest BCUT2D eigenvalue weighted by atomic mass is 10.1. The molecular weight excluding hydrogens is 434 g/mol. The number of nitrogens with zero attached hydrogens (tertiary/aromatic N) is 3. The molecule has 9 heteroatoms. The van der Waals surface area contributed by atoms with Crippen molar-refractivity contribution in [2.75, 3.05) is 38.7 Å². The first-order valence-electron chi connectivity index (χ1n) is 11.5. The van der Waals surface area contributed by atoms with Crippen LogP contribution in [0, 0.1) is 0 Å². The third-order valence-corrected chi connectivity index (χ3v) is 5.68. The number of carboxylic acids is 1. The van der Waals surface area contributed by atoms with E-state index in [2.05, 4.69) is 34.0 Å². The molecule has 0 fully saturated rings. The minimum atomic E-state index is -1.02. The predicted octanol–water partition coefficient (Wildman–Crippen LogP) is 3.45. The molecule has 0 aliphatic rings. The lowest BCUT2D eigenvalue weighted by molar-refractivity contribution is -0.138. The highest BCUT2D eigenvalue weighted by atomic mass is 16.5. The number of benzene rings is 2. The summed E-state index contributed by atoms with van der Waals surface area (Å²) in [6.07, 6.45) is 2.67. The fraction of sp³-hybridized carbons (Fsp3) is 0.400. The van der Waals surface area contributed by atoms with E-state index in [0.717, 1.165) is 48.2 Å². The average molecular weight is 468 g/mol. The van der Waals surface area contributed by atoms with Crippen LogP contribution in [-0.2, 0) is 11.2 Å². The van der Waals surface area contributed by atoms with Gasteiger partial charge in [0, 0.05) is 23.7 Å². The predicted molar refractivity (Wildman–Crippen MR) is 133 cm³/mol. The Kier molecular flexibility index (Phi) is 9.00. The zero-order valence-corrected chi connectivity index (χ0v) is 20.0. The Balaban J connectivity index is 1.76. The molecule has 1 heterocycles. The van der Waals surface area contributed by atoms with Gasteiger partial charge in [0.05, 0.1) is 19.2 Å². The van der Waals surface area contributed by atoms with Crippen molar-refractivity contribution in [2.45, 2.75) is 32.7 Å². The van der Waals surface area contributed by atoms with Gasteiger partial charge >= 0.3 is 5.97 Å². The Bertz CT molecular complexity index is 1090. The van der Waals surface area contributed by atoms with Crippen molar-refractivity contribution >= 4 is 28.4 Å². The third-order valence-electron chi connectivity index (χ3n) is 5.68. The number of anilines is 2. The van der Waals surface area contributed by atoms with Gasteiger partial charge in [0.25, 0.3) is 0 Å². The Hall–Kier alpha value is -3.43. The van der Waals surface area contributed by atoms with Crippen LogP contribution in [0.5, 0.6) is 11.5 Å². The molecule has 0 bridgehead atoms. The third kappa shape index (κ3) is 6.55. The van der Waals surface area contributed by atoms with Gasteiger partial charge < -0.3 is 30.5 Å². The number of hydrogen-bond donors (Lipinski definition) is 3. The van der Waals surface area contributed by atoms with Crippen LogP contribution in [-0.4, -0.2) is 65.3 Å². The fourth-order valence-corrected chi connectivity index (χ4v) is 3.65. The van der Waals surface area contributed by atoms with Crippen molar-refractivity contribution in [1.82, 2.24) is 14.9 Å². The summed E-state index contributed by atoms with van der Waals surface area (Å²) in [7, 11) is 1.61. The summed E-state index contributed by atoms with van der Waals surface area (Å²) in [4.78, 5) is 22.1. The first kappa shape index (κ1) is 25.2. The normalized spacial score (nSPS) is 12.0. The molecule has 0 radical (unpaired) electrons. The summed E-state index contributed by atoms with van der Waals surface area (Å²) in [6.45, 7) is 7.92. The van der Waals surface area contributed by atoms with Gasteiger partial charge in [0.15, 0.2) is 11.5 Å². The molecule has 3 aromatic rings. The number of ether oxygens (including phenoxy) is 2. The Morgan fingerprint density at radius 2 is 1.88 bits per heavy atom. The van der Waals surface area contributed by atoms with E-state index >= 15 is 0 Å². The minimum absolute atomic E-state index is 0.265. The largest absolute Gasteiger partial charge is 0.493 e. The van der Waals surface area contributed by atoms with E-state index in [9.17, 15) is 4.79 Å². The van der Waals surface area contributed by atoms with Crippen molar-refractivity contribution in [3.8, 4) is 11.5 Å². The monoisotopic (exact) mass is 467 g/mol. The smallest absolute Gasteiger partial charge is 0.320 e. The van der Waals surface area contributed by atoms with Crippen molar-refractivity contribution in [3.63, 3.8) is 0 Å². The van der Waals surface area contributed by atoms with Crippen molar-refractivity contribution in [2.24, 2.45) is 5.73 Å². The first-order valence-corrected chi connectivity index (χ1v) is 11.5. The summed E-state index contributed by atoms with van der Waals surface area (Å²) >= 11 is 0. The molecule has 34 heavy (non-hydrogen) atoms. The van der Waals surface area contributed by atoms with E-state index in [4.69, 9.17) is 20.3 Å². The Morgan fingerprint density at radius 3 is 2.53 bits per heavy atom. The van der Waals surface area contributed by atoms with Crippen LogP contribution in [0.1, 0.15) is 25.8 Å². The number of aliphatic carboxylic acids is 1. The number of carboxylic acid groups (broad SMARTS) is 1. The fourth-order valence-electron chi connectivity index (χ4n) is 3.65. The van der Waals surface area contributed by atoms with E-state index in [1.54, 1.807) is 7.11 Å². The number of nitrogens with one attached hydrogen (secondary N) is 1. The van der Waals surface area contributed by atoms with Crippen molar-refractivity contribution in [1.29, 1.82) is 0 Å². The minimum Gasteiger partial charge on any atom is -0.493 e. The van der Waals surface area contributed by atoms with E-state index < -0.39 is 12.0 Å². The summed E-state index contributed by atoms with van der Waals surface area (Å²) < 4.78 is 11.6. The number of hydrogen-bond acceptors (Lipinski definition) is 8. The van der Waals surface area contributed by atoms with Crippen LogP contribution >= 0.6 is 0 Å². The number of nitrogens with two attached hydrogens (primary N) is 1. The van der Waals surface area contributed by atoms with E-state index in [1.165, 1.54) is 6.33 Å². The van der Waals surface area contributed by atoms with Gasteiger partial charge in [-0.25, -0.2) is 9.97 Å². The second kappa shape index (κ2) is 12.2. The standard InChI is InChI=1S/C25H33N5O4/c1-4-30(5-2)11-6-12-34-23-14-19-21(15-22(23)33-3)27-16-28-24(19)29-18-9-7-17(8-10-18)13-20(26)25(31)32/h7-10,14-16,20H,4-6,11-13,26H2,1-3H3,(H,31,32)(H,27,28,29). The molecule has 0 spiro atoms. The number of aromatic nitrogens is 2. The summed E-state index contributed by atoms with van der Waals surface area (Å²) in [6, 6.07) is 10.2. The number of rotatable bonds is 13. The van der Waals surface area contributed by atoms with Crippen LogP contribution in [0.15, 0.2) is 42.7 Å². The molecule has 182 valence electrons. The Morgan fingerprint density at radius 1 is 1.15 bits per heavy atom. The second-order valence-electron chi connectivity index (χ2n) is 7.94. The highest BCUT2D eigenvalue weighted by molar-refractivity contribution is 5.93. The molecule has 0 aliphatic heterocycles. The molecule has 3 rings (SSSR count). The van der Waals surface area contributed by atoms with Crippen LogP contribution in [0.25, 0.3) is 10.9 Å². The molecule has 0 amide bonds. The lowest BCUT2D eigenvalue weighted by Crippen LogP contribution is -2.32. The molecule has 1 atom stereocenters. The van der Waals surface area contributed by atoms with Gasteiger partial charge in [-0.2, -0.15) is 0 Å². The zero-order chi connectivity index (χ0) is 24.5. The number of carbonyl (C=O) groups is 1. The molecule has 1 aromatic heterocycles. The SMILES string of the molecule is CCN(CC)CCCOc1cc2c(Nc3ccc(CC(N)C(=O)O)cc3)ncnc2cc1OC. The van der Waals surface area contributed by atoms with Crippen LogP contribution < -0.4 is 20.5 Å². The summed E-state index contributed by atoms with van der Waals surface area (Å²) in [5.41, 5.74) is 8.01. The number of methoxy groups -OCH3 is 1. The van der Waals surface area contributed by atoms with Gasteiger partial charge in [-0.1, -0.05) is 26.0 Å². The van der Waals surface area contributed by atoms with Crippen LogP contribution in [0.2, 0.25) is 0 Å². The van der Waals surface area contributed by atoms with Crippen LogP contribution in [0.3, 0.4) is 0 Å². The molecule has 0 aliphatic carbocycles. The topological polar surface area (TPSA) is 123 Å². The van der Waals surface area contributed by atoms with Crippen LogP contribution in [0.4, 0.5) is 11.5 Å². The van der Waals surface area contributed by atoms with E-state index in [0.29, 0.717) is 23.9 Å². The molecule has 1 unspecified atom stereocenters. The van der Waals surface area contributed by atoms with Gasteiger partial charge in [-0.15, -0.1) is 0 Å². The second-order valence-corrected chi connectivity index (χ2v) is 7.94. The van der Waals surface area contributed by atoms with E-state index in [-0.39, 0.29) is 6.42 Å². The Labute approximate surface area is 199 Å². The van der Waals surface area contributed by atoms with Gasteiger partial charge in [-0.05, 0) is 49.7 Å². The van der Waals surface area contributed by atoms with Gasteiger partial charge in [-0.3, -0.25) is 4.79 Å². The maximum Gasteiger partial charge on any atom is 0.320 e. The quantitative estimate of drug-likeness (QED) is 0.324. The van der Waals surface area contributed by atoms with Gasteiger partial charge in [0.1, 0.15) is 18.2 Å². The number of fused-ring (bicyclic) bond motifs is 1. The molecule has 0 saturated carbocycles. The highest BCUT2D eigenvalue weighted by Crippen LogP contribution is 2.34.